The Morgan fingerprint density at radius 2 is 1.72 bits per heavy atom. The number of hydrogen-bond donors (Lipinski definition) is 0. The van der Waals surface area contributed by atoms with Crippen molar-refractivity contribution in [2.24, 2.45) is 0 Å². The van der Waals surface area contributed by atoms with Crippen molar-refractivity contribution in [1.29, 1.82) is 0 Å². The van der Waals surface area contributed by atoms with Crippen molar-refractivity contribution < 1.29 is 9.53 Å². The summed E-state index contributed by atoms with van der Waals surface area (Å²) in [5, 5.41) is 0. The van der Waals surface area contributed by atoms with Crippen molar-refractivity contribution in [3.05, 3.63) is 86.9 Å². The average molecular weight is 403 g/mol. The number of aromatic nitrogens is 1. The van der Waals surface area contributed by atoms with E-state index in [-0.39, 0.29) is 5.78 Å². The van der Waals surface area contributed by atoms with Crippen LogP contribution in [-0.4, -0.2) is 42.0 Å². The lowest BCUT2D eigenvalue weighted by Gasteiger charge is -2.26. The predicted octanol–water partition coefficient (Wildman–Crippen LogP) is 4.44. The molecule has 0 spiro atoms. The molecule has 1 aliphatic carbocycles. The van der Waals surface area contributed by atoms with Gasteiger partial charge in [-0.2, -0.15) is 0 Å². The van der Waals surface area contributed by atoms with E-state index in [1.807, 2.05) is 36.7 Å². The second-order valence-electron chi connectivity index (χ2n) is 7.48. The molecule has 1 fully saturated rings. The lowest BCUT2D eigenvalue weighted by molar-refractivity contribution is 0.0342. The van der Waals surface area contributed by atoms with E-state index in [9.17, 15) is 4.79 Å². The van der Waals surface area contributed by atoms with Gasteiger partial charge in [-0.1, -0.05) is 48.5 Å². The first-order chi connectivity index (χ1) is 14.2. The molecule has 0 unspecified atom stereocenters. The van der Waals surface area contributed by atoms with Crippen LogP contribution in [0.5, 0.6) is 0 Å². The van der Waals surface area contributed by atoms with E-state index >= 15 is 0 Å². The Morgan fingerprint density at radius 3 is 2.41 bits per heavy atom. The van der Waals surface area contributed by atoms with Crippen LogP contribution in [0.15, 0.2) is 54.0 Å². The number of ether oxygens (including phenoxy) is 1. The minimum atomic E-state index is 0.101. The number of nitrogens with zero attached hydrogens (tertiary/aromatic N) is 2. The second kappa shape index (κ2) is 7.67. The maximum absolute atomic E-state index is 13.3. The van der Waals surface area contributed by atoms with Crippen LogP contribution in [0.3, 0.4) is 0 Å². The van der Waals surface area contributed by atoms with E-state index in [0.717, 1.165) is 71.3 Å². The van der Waals surface area contributed by atoms with Gasteiger partial charge in [-0.05, 0) is 23.6 Å². The molecule has 4 nitrogen and oxygen atoms in total. The Labute approximate surface area is 174 Å². The van der Waals surface area contributed by atoms with Gasteiger partial charge in [0.05, 0.1) is 29.3 Å². The van der Waals surface area contributed by atoms with Crippen LogP contribution in [-0.2, 0) is 11.3 Å². The maximum atomic E-state index is 13.3. The number of benzene rings is 2. The van der Waals surface area contributed by atoms with Crippen molar-refractivity contribution in [3.63, 3.8) is 0 Å². The third-order valence-corrected chi connectivity index (χ3v) is 6.59. The largest absolute Gasteiger partial charge is 0.379 e. The SMILES string of the molecule is Cc1ncsc1C1=C(c2ccc(CN3CCOCC3)cc2)C(=O)c2ccccc21. The normalized spacial score (nSPS) is 17.1. The molecule has 146 valence electrons. The van der Waals surface area contributed by atoms with Crippen LogP contribution < -0.4 is 0 Å². The Morgan fingerprint density at radius 1 is 1.00 bits per heavy atom. The van der Waals surface area contributed by atoms with Gasteiger partial charge in [0.1, 0.15) is 0 Å². The zero-order chi connectivity index (χ0) is 19.8. The van der Waals surface area contributed by atoms with Crippen LogP contribution in [0.1, 0.15) is 37.6 Å². The number of hydrogen-bond acceptors (Lipinski definition) is 5. The van der Waals surface area contributed by atoms with Crippen molar-refractivity contribution in [3.8, 4) is 0 Å². The van der Waals surface area contributed by atoms with Crippen molar-refractivity contribution in [2.45, 2.75) is 13.5 Å². The first-order valence-electron chi connectivity index (χ1n) is 9.90. The molecule has 5 heteroatoms. The smallest absolute Gasteiger partial charge is 0.194 e. The van der Waals surface area contributed by atoms with E-state index in [1.165, 1.54) is 5.56 Å². The highest BCUT2D eigenvalue weighted by atomic mass is 32.1. The van der Waals surface area contributed by atoms with Gasteiger partial charge in [-0.15, -0.1) is 11.3 Å². The van der Waals surface area contributed by atoms with E-state index in [1.54, 1.807) is 11.3 Å². The molecule has 0 saturated carbocycles. The number of Topliss-reactive ketones (excluding diaryl/α,β-unsaturated/α-hetero) is 1. The zero-order valence-corrected chi connectivity index (χ0v) is 17.2. The summed E-state index contributed by atoms with van der Waals surface area (Å²) < 4.78 is 5.43. The lowest BCUT2D eigenvalue weighted by atomic mass is 9.97. The number of carbonyl (C=O) groups excluding carboxylic acids is 1. The summed E-state index contributed by atoms with van der Waals surface area (Å²) in [5.74, 6) is 0.101. The molecule has 0 radical (unpaired) electrons. The highest BCUT2D eigenvalue weighted by Gasteiger charge is 2.32. The number of carbonyl (C=O) groups is 1. The molecular weight excluding hydrogens is 380 g/mol. The van der Waals surface area contributed by atoms with Crippen LogP contribution in [0.25, 0.3) is 11.1 Å². The zero-order valence-electron chi connectivity index (χ0n) is 16.4. The van der Waals surface area contributed by atoms with Gasteiger partial charge < -0.3 is 4.74 Å². The van der Waals surface area contributed by atoms with Crippen LogP contribution in [0.2, 0.25) is 0 Å². The molecule has 3 aromatic rings. The summed E-state index contributed by atoms with van der Waals surface area (Å²) in [6.45, 7) is 6.46. The molecule has 1 aromatic heterocycles. The minimum absolute atomic E-state index is 0.101. The average Bonchev–Trinajstić information content (AvgIpc) is 3.30. The van der Waals surface area contributed by atoms with Gasteiger partial charge in [0.15, 0.2) is 5.78 Å². The highest BCUT2D eigenvalue weighted by molar-refractivity contribution is 7.11. The highest BCUT2D eigenvalue weighted by Crippen LogP contribution is 2.44. The number of morpholine rings is 1. The van der Waals surface area contributed by atoms with Crippen molar-refractivity contribution in [2.75, 3.05) is 26.3 Å². The number of thiazole rings is 1. The third-order valence-electron chi connectivity index (χ3n) is 5.64. The number of fused-ring (bicyclic) bond motifs is 1. The van der Waals surface area contributed by atoms with Crippen LogP contribution in [0, 0.1) is 6.92 Å². The molecule has 0 atom stereocenters. The predicted molar refractivity (Wildman–Crippen MR) is 116 cm³/mol. The number of allylic oxidation sites excluding steroid dienone is 1. The Bertz CT molecular complexity index is 1090. The Kier molecular flexibility index (Phi) is 4.87. The quantitative estimate of drug-likeness (QED) is 0.647. The van der Waals surface area contributed by atoms with Crippen LogP contribution >= 0.6 is 11.3 Å². The fourth-order valence-corrected chi connectivity index (χ4v) is 5.00. The molecule has 2 aliphatic rings. The molecule has 0 bridgehead atoms. The third kappa shape index (κ3) is 3.35. The van der Waals surface area contributed by atoms with Gasteiger partial charge in [-0.3, -0.25) is 9.69 Å². The minimum Gasteiger partial charge on any atom is -0.379 e. The Balaban J connectivity index is 1.54. The van der Waals surface area contributed by atoms with E-state index < -0.39 is 0 Å². The number of rotatable bonds is 4. The number of aryl methyl sites for hydroxylation is 1. The summed E-state index contributed by atoms with van der Waals surface area (Å²) in [5.41, 5.74) is 8.65. The second-order valence-corrected chi connectivity index (χ2v) is 8.33. The summed E-state index contributed by atoms with van der Waals surface area (Å²) in [7, 11) is 0. The molecular formula is C24H22N2O2S. The summed E-state index contributed by atoms with van der Waals surface area (Å²) in [6, 6.07) is 16.4. The monoisotopic (exact) mass is 402 g/mol. The molecule has 1 aliphatic heterocycles. The summed E-state index contributed by atoms with van der Waals surface area (Å²) in [4.78, 5) is 21.2. The fraction of sp³-hybridized carbons (Fsp3) is 0.250. The molecule has 29 heavy (non-hydrogen) atoms. The first-order valence-corrected chi connectivity index (χ1v) is 10.8. The standard InChI is InChI=1S/C24H22N2O2S/c1-16-24(29-15-25-16)22-19-4-2-3-5-20(19)23(27)21(22)18-8-6-17(7-9-18)14-26-10-12-28-13-11-26/h2-9,15H,10-14H2,1H3. The fourth-order valence-electron chi connectivity index (χ4n) is 4.13. The van der Waals surface area contributed by atoms with Gasteiger partial charge in [0, 0.05) is 36.3 Å². The molecule has 2 heterocycles. The molecule has 5 rings (SSSR count). The lowest BCUT2D eigenvalue weighted by Crippen LogP contribution is -2.35. The number of ketones is 1. The van der Waals surface area contributed by atoms with Gasteiger partial charge in [0.25, 0.3) is 0 Å². The molecule has 0 amide bonds. The first kappa shape index (κ1) is 18.4. The topological polar surface area (TPSA) is 42.4 Å². The summed E-state index contributed by atoms with van der Waals surface area (Å²) >= 11 is 1.60. The van der Waals surface area contributed by atoms with Crippen molar-refractivity contribution in [1.82, 2.24) is 9.88 Å². The van der Waals surface area contributed by atoms with E-state index in [0.29, 0.717) is 0 Å². The van der Waals surface area contributed by atoms with Crippen molar-refractivity contribution >= 4 is 28.3 Å². The van der Waals surface area contributed by atoms with E-state index in [4.69, 9.17) is 4.74 Å². The van der Waals surface area contributed by atoms with Gasteiger partial charge in [-0.25, -0.2) is 4.98 Å². The Hall–Kier alpha value is -2.60. The molecule has 0 N–H and O–H groups in total. The van der Waals surface area contributed by atoms with Gasteiger partial charge in [0.2, 0.25) is 0 Å². The molecule has 2 aromatic carbocycles. The maximum Gasteiger partial charge on any atom is 0.194 e. The van der Waals surface area contributed by atoms with Crippen LogP contribution in [0.4, 0.5) is 0 Å². The van der Waals surface area contributed by atoms with E-state index in [2.05, 4.69) is 34.1 Å². The van der Waals surface area contributed by atoms with Gasteiger partial charge >= 0.3 is 0 Å². The summed E-state index contributed by atoms with van der Waals surface area (Å²) in [6.07, 6.45) is 0. The molecule has 1 saturated heterocycles.